The maximum atomic E-state index is 3.10. The molecule has 0 atom stereocenters. The van der Waals surface area contributed by atoms with Crippen LogP contribution in [0.3, 0.4) is 0 Å². The predicted octanol–water partition coefficient (Wildman–Crippen LogP) is 2.87. The first-order valence-corrected chi connectivity index (χ1v) is 5.11. The minimum Gasteiger partial charge on any atom is -0.263 e. The molecule has 1 N–H and O–H groups in total. The summed E-state index contributed by atoms with van der Waals surface area (Å²) < 4.78 is 3.10. The minimum absolute atomic E-state index is 1.17. The topological polar surface area (TPSA) is 12.0 Å². The Bertz CT molecular complexity index is 210. The third-order valence-electron chi connectivity index (χ3n) is 1.70. The monoisotopic (exact) mass is 181 g/mol. The van der Waals surface area contributed by atoms with Gasteiger partial charge in [-0.3, -0.25) is 4.72 Å². The van der Waals surface area contributed by atoms with E-state index >= 15 is 0 Å². The minimum atomic E-state index is 1.17. The Labute approximate surface area is 78.7 Å². The van der Waals surface area contributed by atoms with Gasteiger partial charge in [-0.15, -0.1) is 0 Å². The van der Waals surface area contributed by atoms with Crippen molar-refractivity contribution in [1.82, 2.24) is 4.72 Å². The molecular weight excluding hydrogens is 166 g/mol. The zero-order valence-electron chi connectivity index (χ0n) is 7.63. The normalized spacial score (nSPS) is 10.2. The van der Waals surface area contributed by atoms with Crippen LogP contribution in [0.4, 0.5) is 0 Å². The molecule has 0 unspecified atom stereocenters. The fourth-order valence-electron chi connectivity index (χ4n) is 1.19. The summed E-state index contributed by atoms with van der Waals surface area (Å²) in [5.41, 5.74) is 1.44. The summed E-state index contributed by atoms with van der Waals surface area (Å²) in [6, 6.07) is 8.54. The molecule has 0 aromatic heterocycles. The molecule has 0 saturated carbocycles. The molecule has 0 saturated heterocycles. The highest BCUT2D eigenvalue weighted by molar-refractivity contribution is 7.97. The van der Waals surface area contributed by atoms with Crippen molar-refractivity contribution in [3.63, 3.8) is 0 Å². The number of aryl methyl sites for hydroxylation is 1. The van der Waals surface area contributed by atoms with Gasteiger partial charge in [-0.2, -0.15) is 0 Å². The number of rotatable bonds is 4. The van der Waals surface area contributed by atoms with Crippen molar-refractivity contribution in [3.05, 3.63) is 29.8 Å². The third-order valence-corrected chi connectivity index (χ3v) is 2.53. The summed E-state index contributed by atoms with van der Waals surface area (Å²) in [5.74, 6) is 0. The van der Waals surface area contributed by atoms with Gasteiger partial charge in [0, 0.05) is 4.90 Å². The Morgan fingerprint density at radius 1 is 1.33 bits per heavy atom. The van der Waals surface area contributed by atoms with Crippen LogP contribution in [0.15, 0.2) is 29.2 Å². The zero-order valence-corrected chi connectivity index (χ0v) is 8.45. The quantitative estimate of drug-likeness (QED) is 0.717. The van der Waals surface area contributed by atoms with Gasteiger partial charge in [-0.25, -0.2) is 0 Å². The van der Waals surface area contributed by atoms with Crippen LogP contribution in [0.25, 0.3) is 0 Å². The second-order valence-electron chi connectivity index (χ2n) is 2.66. The van der Waals surface area contributed by atoms with Gasteiger partial charge in [0.2, 0.25) is 0 Å². The fraction of sp³-hybridized carbons (Fsp3) is 0.400. The van der Waals surface area contributed by atoms with E-state index in [1.807, 2.05) is 7.05 Å². The van der Waals surface area contributed by atoms with Crippen LogP contribution in [0, 0.1) is 0 Å². The van der Waals surface area contributed by atoms with E-state index in [1.54, 1.807) is 11.9 Å². The van der Waals surface area contributed by atoms with Gasteiger partial charge in [0.15, 0.2) is 0 Å². The smallest absolute Gasteiger partial charge is 0.0260 e. The Hall–Kier alpha value is -0.470. The van der Waals surface area contributed by atoms with E-state index in [0.717, 1.165) is 0 Å². The van der Waals surface area contributed by atoms with Crippen molar-refractivity contribution in [2.45, 2.75) is 24.7 Å². The molecule has 2 heteroatoms. The summed E-state index contributed by atoms with van der Waals surface area (Å²) >= 11 is 1.69. The molecule has 12 heavy (non-hydrogen) atoms. The lowest BCUT2D eigenvalue weighted by atomic mass is 10.1. The number of hydrogen-bond donors (Lipinski definition) is 1. The molecule has 66 valence electrons. The molecule has 1 aromatic carbocycles. The van der Waals surface area contributed by atoms with E-state index in [-0.39, 0.29) is 0 Å². The molecule has 1 aromatic rings. The van der Waals surface area contributed by atoms with Crippen LogP contribution in [-0.2, 0) is 6.42 Å². The molecule has 0 heterocycles. The second-order valence-corrected chi connectivity index (χ2v) is 3.72. The summed E-state index contributed by atoms with van der Waals surface area (Å²) in [6.07, 6.45) is 2.38. The molecule has 0 aliphatic rings. The van der Waals surface area contributed by atoms with E-state index in [0.29, 0.717) is 0 Å². The van der Waals surface area contributed by atoms with Crippen LogP contribution < -0.4 is 4.72 Å². The second kappa shape index (κ2) is 5.22. The van der Waals surface area contributed by atoms with Gasteiger partial charge < -0.3 is 0 Å². The Kier molecular flexibility index (Phi) is 4.19. The maximum Gasteiger partial charge on any atom is 0.0260 e. The van der Waals surface area contributed by atoms with Crippen molar-refractivity contribution in [1.29, 1.82) is 0 Å². The largest absolute Gasteiger partial charge is 0.263 e. The van der Waals surface area contributed by atoms with Crippen LogP contribution in [0.1, 0.15) is 18.9 Å². The lowest BCUT2D eigenvalue weighted by molar-refractivity contribution is 0.900. The standard InChI is InChI=1S/C10H15NS/c1-3-6-9-7-4-5-8-10(9)12-11-2/h4-5,7-8,11H,3,6H2,1-2H3. The summed E-state index contributed by atoms with van der Waals surface area (Å²) in [7, 11) is 1.95. The van der Waals surface area contributed by atoms with E-state index in [2.05, 4.69) is 35.9 Å². The van der Waals surface area contributed by atoms with Crippen molar-refractivity contribution >= 4 is 11.9 Å². The highest BCUT2D eigenvalue weighted by atomic mass is 32.2. The van der Waals surface area contributed by atoms with Crippen molar-refractivity contribution < 1.29 is 0 Å². The first-order valence-electron chi connectivity index (χ1n) is 4.30. The van der Waals surface area contributed by atoms with Crippen molar-refractivity contribution in [2.24, 2.45) is 0 Å². The third kappa shape index (κ3) is 2.54. The van der Waals surface area contributed by atoms with E-state index < -0.39 is 0 Å². The van der Waals surface area contributed by atoms with E-state index in [9.17, 15) is 0 Å². The van der Waals surface area contributed by atoms with Crippen molar-refractivity contribution in [2.75, 3.05) is 7.05 Å². The van der Waals surface area contributed by atoms with Crippen LogP contribution in [-0.4, -0.2) is 7.05 Å². The molecule has 0 aliphatic heterocycles. The van der Waals surface area contributed by atoms with Gasteiger partial charge in [0.1, 0.15) is 0 Å². The lowest BCUT2D eigenvalue weighted by Crippen LogP contribution is -1.94. The van der Waals surface area contributed by atoms with E-state index in [1.165, 1.54) is 23.3 Å². The average molecular weight is 181 g/mol. The van der Waals surface area contributed by atoms with Crippen molar-refractivity contribution in [3.8, 4) is 0 Å². The molecule has 0 aliphatic carbocycles. The Morgan fingerprint density at radius 2 is 2.08 bits per heavy atom. The SMILES string of the molecule is CCCc1ccccc1SNC. The van der Waals surface area contributed by atoms with Crippen LogP contribution >= 0.6 is 11.9 Å². The molecule has 0 bridgehead atoms. The molecular formula is C10H15NS. The first-order chi connectivity index (χ1) is 5.88. The number of nitrogens with one attached hydrogen (secondary N) is 1. The predicted molar refractivity (Wildman–Crippen MR) is 55.4 cm³/mol. The fourth-order valence-corrected chi connectivity index (χ4v) is 1.86. The summed E-state index contributed by atoms with van der Waals surface area (Å²) in [4.78, 5) is 1.35. The maximum absolute atomic E-state index is 3.10. The summed E-state index contributed by atoms with van der Waals surface area (Å²) in [5, 5.41) is 0. The molecule has 1 rings (SSSR count). The summed E-state index contributed by atoms with van der Waals surface area (Å²) in [6.45, 7) is 2.21. The lowest BCUT2D eigenvalue weighted by Gasteiger charge is -2.05. The molecule has 0 spiro atoms. The van der Waals surface area contributed by atoms with E-state index in [4.69, 9.17) is 0 Å². The molecule has 0 amide bonds. The molecule has 0 fully saturated rings. The highest BCUT2D eigenvalue weighted by Gasteiger charge is 1.98. The van der Waals surface area contributed by atoms with Gasteiger partial charge in [0.05, 0.1) is 0 Å². The Morgan fingerprint density at radius 3 is 2.75 bits per heavy atom. The first kappa shape index (κ1) is 9.62. The van der Waals surface area contributed by atoms with Gasteiger partial charge in [-0.1, -0.05) is 31.5 Å². The molecule has 1 nitrogen and oxygen atoms in total. The highest BCUT2D eigenvalue weighted by Crippen LogP contribution is 2.20. The molecule has 0 radical (unpaired) electrons. The van der Waals surface area contributed by atoms with Crippen LogP contribution in [0.2, 0.25) is 0 Å². The van der Waals surface area contributed by atoms with Crippen LogP contribution in [0.5, 0.6) is 0 Å². The van der Waals surface area contributed by atoms with Gasteiger partial charge >= 0.3 is 0 Å². The number of hydrogen-bond acceptors (Lipinski definition) is 2. The average Bonchev–Trinajstić information content (AvgIpc) is 2.09. The Balaban J connectivity index is 2.77. The van der Waals surface area contributed by atoms with Gasteiger partial charge in [0.25, 0.3) is 0 Å². The number of benzene rings is 1. The zero-order chi connectivity index (χ0) is 8.81. The van der Waals surface area contributed by atoms with Gasteiger partial charge in [-0.05, 0) is 37.0 Å².